The molecule has 4 aromatic carbocycles. The Kier molecular flexibility index (Phi) is 10.6. The van der Waals surface area contributed by atoms with Gasteiger partial charge in [-0.3, -0.25) is 4.79 Å². The van der Waals surface area contributed by atoms with Crippen LogP contribution in [0.3, 0.4) is 0 Å². The van der Waals surface area contributed by atoms with E-state index in [1.54, 1.807) is 0 Å². The summed E-state index contributed by atoms with van der Waals surface area (Å²) in [7, 11) is 1.33. The lowest BCUT2D eigenvalue weighted by atomic mass is 9.96. The highest BCUT2D eigenvalue weighted by molar-refractivity contribution is 6.14. The molecule has 1 N–H and O–H groups in total. The number of aryl methyl sites for hydroxylation is 2. The standard InChI is InChI=1S/C38H30F6O7/c1-21-4-10-29(32(12-21)37(39,40)41)25(18-45)14-23-6-8-27(16-34(23)48-3)49-19-26(46)20-50-28-9-7-24-15-31(36(47)51-35(24)17-28)30-11-5-22(2)13-33(30)38(42,43)44/h4-18,26,46H,19-20H2,1-3H3/b25-14+. The summed E-state index contributed by atoms with van der Waals surface area (Å²) in [6, 6.07) is 17.4. The fraction of sp³-hybridized carbons (Fsp3) is 0.211. The normalized spacial score (nSPS) is 12.9. The lowest BCUT2D eigenvalue weighted by Crippen LogP contribution is -2.25. The molecule has 1 aromatic heterocycles. The molecule has 0 radical (unpaired) electrons. The number of halogens is 6. The molecule has 0 saturated carbocycles. The monoisotopic (exact) mass is 712 g/mol. The van der Waals surface area contributed by atoms with E-state index in [0.717, 1.165) is 12.1 Å². The van der Waals surface area contributed by atoms with E-state index in [9.17, 15) is 41.0 Å². The number of benzene rings is 4. The Morgan fingerprint density at radius 1 is 0.784 bits per heavy atom. The molecule has 13 heteroatoms. The van der Waals surface area contributed by atoms with Gasteiger partial charge in [-0.1, -0.05) is 35.4 Å². The van der Waals surface area contributed by atoms with Gasteiger partial charge in [-0.15, -0.1) is 0 Å². The van der Waals surface area contributed by atoms with Crippen molar-refractivity contribution in [1.29, 1.82) is 0 Å². The summed E-state index contributed by atoms with van der Waals surface area (Å²) in [6.45, 7) is 2.52. The average molecular weight is 713 g/mol. The molecule has 0 aliphatic carbocycles. The first-order valence-electron chi connectivity index (χ1n) is 15.3. The van der Waals surface area contributed by atoms with E-state index in [1.165, 1.54) is 93.8 Å². The molecular weight excluding hydrogens is 682 g/mol. The number of allylic oxidation sites excluding steroid dienone is 1. The van der Waals surface area contributed by atoms with Crippen LogP contribution in [0.1, 0.15) is 33.4 Å². The third-order valence-corrected chi connectivity index (χ3v) is 7.80. The van der Waals surface area contributed by atoms with Gasteiger partial charge >= 0.3 is 18.0 Å². The zero-order valence-corrected chi connectivity index (χ0v) is 27.3. The summed E-state index contributed by atoms with van der Waals surface area (Å²) in [6.07, 6.45) is -8.92. The van der Waals surface area contributed by atoms with E-state index in [4.69, 9.17) is 18.6 Å². The highest BCUT2D eigenvalue weighted by Crippen LogP contribution is 2.39. The van der Waals surface area contributed by atoms with Crippen molar-refractivity contribution in [3.05, 3.63) is 123 Å². The molecule has 0 bridgehead atoms. The van der Waals surface area contributed by atoms with Crippen molar-refractivity contribution in [3.8, 4) is 28.4 Å². The van der Waals surface area contributed by atoms with E-state index in [0.29, 0.717) is 28.4 Å². The van der Waals surface area contributed by atoms with Gasteiger partial charge in [0.25, 0.3) is 0 Å². The zero-order valence-electron chi connectivity index (χ0n) is 27.3. The summed E-state index contributed by atoms with van der Waals surface area (Å²) in [5, 5.41) is 10.8. The number of aliphatic hydroxyl groups is 1. The second-order valence-corrected chi connectivity index (χ2v) is 11.6. The second kappa shape index (κ2) is 14.7. The number of methoxy groups -OCH3 is 1. The van der Waals surface area contributed by atoms with Crippen LogP contribution in [0.15, 0.2) is 88.1 Å². The van der Waals surface area contributed by atoms with Crippen molar-refractivity contribution < 1.29 is 54.9 Å². The zero-order chi connectivity index (χ0) is 37.1. The fourth-order valence-electron chi connectivity index (χ4n) is 5.32. The number of rotatable bonds is 11. The molecule has 0 aliphatic rings. The number of fused-ring (bicyclic) bond motifs is 1. The lowest BCUT2D eigenvalue weighted by molar-refractivity contribution is -0.138. The maximum Gasteiger partial charge on any atom is 0.417 e. The Bertz CT molecular complexity index is 2170. The molecule has 5 rings (SSSR count). The van der Waals surface area contributed by atoms with Gasteiger partial charge in [-0.25, -0.2) is 4.79 Å². The summed E-state index contributed by atoms with van der Waals surface area (Å²) in [5.41, 5.74) is -2.78. The van der Waals surface area contributed by atoms with Gasteiger partial charge in [0.05, 0.1) is 23.8 Å². The smallest absolute Gasteiger partial charge is 0.417 e. The minimum absolute atomic E-state index is 0.0589. The Morgan fingerprint density at radius 2 is 1.39 bits per heavy atom. The first kappa shape index (κ1) is 36.7. The van der Waals surface area contributed by atoms with Crippen LogP contribution in [-0.4, -0.2) is 37.8 Å². The van der Waals surface area contributed by atoms with Crippen LogP contribution in [-0.2, 0) is 17.1 Å². The van der Waals surface area contributed by atoms with Gasteiger partial charge in [0.1, 0.15) is 42.1 Å². The van der Waals surface area contributed by atoms with Crippen molar-refractivity contribution in [2.45, 2.75) is 32.3 Å². The van der Waals surface area contributed by atoms with E-state index in [2.05, 4.69) is 0 Å². The molecule has 1 unspecified atom stereocenters. The van der Waals surface area contributed by atoms with Gasteiger partial charge in [-0.2, -0.15) is 26.3 Å². The first-order valence-corrected chi connectivity index (χ1v) is 15.3. The molecule has 0 fully saturated rings. The summed E-state index contributed by atoms with van der Waals surface area (Å²) in [4.78, 5) is 24.6. The molecule has 266 valence electrons. The molecule has 0 aliphatic heterocycles. The topological polar surface area (TPSA) is 95.2 Å². The van der Waals surface area contributed by atoms with Gasteiger partial charge in [-0.05, 0) is 68.0 Å². The summed E-state index contributed by atoms with van der Waals surface area (Å²) >= 11 is 0. The van der Waals surface area contributed by atoms with Crippen molar-refractivity contribution in [3.63, 3.8) is 0 Å². The predicted molar refractivity (Wildman–Crippen MR) is 178 cm³/mol. The van der Waals surface area contributed by atoms with Crippen LogP contribution in [0, 0.1) is 13.8 Å². The molecule has 7 nitrogen and oxygen atoms in total. The van der Waals surface area contributed by atoms with Gasteiger partial charge in [0, 0.05) is 34.2 Å². The van der Waals surface area contributed by atoms with Crippen LogP contribution in [0.25, 0.3) is 33.7 Å². The fourth-order valence-corrected chi connectivity index (χ4v) is 5.32. The van der Waals surface area contributed by atoms with E-state index in [-0.39, 0.29) is 58.3 Å². The Balaban J connectivity index is 1.26. The van der Waals surface area contributed by atoms with E-state index < -0.39 is 35.2 Å². The van der Waals surface area contributed by atoms with Crippen molar-refractivity contribution in [2.75, 3.05) is 20.3 Å². The van der Waals surface area contributed by atoms with E-state index in [1.807, 2.05) is 0 Å². The minimum atomic E-state index is -4.69. The maximum absolute atomic E-state index is 13.7. The number of carbonyl (C=O) groups is 1. The van der Waals surface area contributed by atoms with Gasteiger partial charge in [0.15, 0.2) is 6.29 Å². The number of hydrogen-bond donors (Lipinski definition) is 1. The second-order valence-electron chi connectivity index (χ2n) is 11.6. The Hall–Kier alpha value is -5.56. The lowest BCUT2D eigenvalue weighted by Gasteiger charge is -2.16. The van der Waals surface area contributed by atoms with Crippen LogP contribution < -0.4 is 19.8 Å². The highest BCUT2D eigenvalue weighted by atomic mass is 19.4. The number of carbonyl (C=O) groups excluding carboxylic acids is 1. The summed E-state index contributed by atoms with van der Waals surface area (Å²) < 4.78 is 104. The third kappa shape index (κ3) is 8.61. The molecule has 51 heavy (non-hydrogen) atoms. The number of alkyl halides is 6. The molecule has 1 atom stereocenters. The predicted octanol–water partition coefficient (Wildman–Crippen LogP) is 8.68. The van der Waals surface area contributed by atoms with Crippen LogP contribution >= 0.6 is 0 Å². The van der Waals surface area contributed by atoms with Crippen molar-refractivity contribution in [2.24, 2.45) is 0 Å². The number of aliphatic hydroxyl groups excluding tert-OH is 1. The third-order valence-electron chi connectivity index (χ3n) is 7.80. The molecular formula is C38H30F6O7. The molecule has 1 heterocycles. The highest BCUT2D eigenvalue weighted by Gasteiger charge is 2.35. The largest absolute Gasteiger partial charge is 0.496 e. The van der Waals surface area contributed by atoms with Crippen molar-refractivity contribution >= 4 is 28.9 Å². The number of hydrogen-bond acceptors (Lipinski definition) is 7. The maximum atomic E-state index is 13.7. The van der Waals surface area contributed by atoms with Gasteiger partial charge < -0.3 is 23.7 Å². The van der Waals surface area contributed by atoms with E-state index >= 15 is 0 Å². The minimum Gasteiger partial charge on any atom is -0.496 e. The van der Waals surface area contributed by atoms with Gasteiger partial charge in [0.2, 0.25) is 0 Å². The quantitative estimate of drug-likeness (QED) is 0.0482. The molecule has 0 amide bonds. The van der Waals surface area contributed by atoms with Crippen molar-refractivity contribution in [1.82, 2.24) is 0 Å². The number of ether oxygens (including phenoxy) is 3. The molecule has 0 saturated heterocycles. The van der Waals surface area contributed by atoms with Crippen LogP contribution in [0.4, 0.5) is 26.3 Å². The summed E-state index contributed by atoms with van der Waals surface area (Å²) in [5.74, 6) is 0.637. The number of aldehydes is 1. The Labute approximate surface area is 287 Å². The Morgan fingerprint density at radius 3 is 2.02 bits per heavy atom. The van der Waals surface area contributed by atoms with Crippen LogP contribution in [0.2, 0.25) is 0 Å². The SMILES string of the molecule is COc1cc(OCC(O)COc2ccc3cc(-c4ccc(C)cc4C(F)(F)F)c(=O)oc3c2)ccc1/C=C(\C=O)c1ccc(C)cc1C(F)(F)F. The molecule has 5 aromatic rings. The van der Waals surface area contributed by atoms with Crippen LogP contribution in [0.5, 0.6) is 17.2 Å². The molecule has 0 spiro atoms. The first-order chi connectivity index (χ1) is 24.1. The average Bonchev–Trinajstić information content (AvgIpc) is 3.08.